The first-order chi connectivity index (χ1) is 21.1. The third kappa shape index (κ3) is 8.15. The van der Waals surface area contributed by atoms with E-state index in [4.69, 9.17) is 33.7 Å². The molecule has 0 fully saturated rings. The number of nitrogens with one attached hydrogen (secondary N) is 2. The summed E-state index contributed by atoms with van der Waals surface area (Å²) in [4.78, 5) is 19.1. The Morgan fingerprint density at radius 1 is 1.16 bits per heavy atom. The van der Waals surface area contributed by atoms with Crippen LogP contribution in [-0.2, 0) is 34.7 Å². The molecular formula is C28H28Cl2F3N7O4S. The van der Waals surface area contributed by atoms with Crippen molar-refractivity contribution < 1.29 is 31.1 Å². The Bertz CT molecular complexity index is 1830. The number of amides is 1. The van der Waals surface area contributed by atoms with Crippen molar-refractivity contribution >= 4 is 56.1 Å². The van der Waals surface area contributed by atoms with Gasteiger partial charge < -0.3 is 21.1 Å². The van der Waals surface area contributed by atoms with Crippen molar-refractivity contribution in [1.82, 2.24) is 25.1 Å². The predicted octanol–water partition coefficient (Wildman–Crippen LogP) is 5.49. The summed E-state index contributed by atoms with van der Waals surface area (Å²) in [5.41, 5.74) is 8.93. The summed E-state index contributed by atoms with van der Waals surface area (Å²) in [7, 11) is -2.10. The van der Waals surface area contributed by atoms with Crippen LogP contribution in [0.4, 0.5) is 30.4 Å². The van der Waals surface area contributed by atoms with E-state index < -0.39 is 27.2 Å². The third-order valence-electron chi connectivity index (χ3n) is 6.52. The van der Waals surface area contributed by atoms with E-state index in [-0.39, 0.29) is 57.7 Å². The van der Waals surface area contributed by atoms with Gasteiger partial charge in [-0.05, 0) is 72.8 Å². The molecule has 0 aliphatic carbocycles. The number of nitrogens with two attached hydrogens (primary N) is 1. The van der Waals surface area contributed by atoms with Crippen molar-refractivity contribution in [2.24, 2.45) is 7.05 Å². The van der Waals surface area contributed by atoms with Gasteiger partial charge in [-0.15, -0.1) is 0 Å². The Morgan fingerprint density at radius 2 is 1.89 bits per heavy atom. The monoisotopic (exact) mass is 685 g/mol. The molecule has 45 heavy (non-hydrogen) atoms. The lowest BCUT2D eigenvalue weighted by Gasteiger charge is -2.18. The fourth-order valence-electron chi connectivity index (χ4n) is 4.19. The smallest absolute Gasteiger partial charge is 0.471 e. The number of hydrogen-bond acceptors (Lipinski definition) is 9. The fraction of sp³-hybridized carbons (Fsp3) is 0.286. The Kier molecular flexibility index (Phi) is 10.1. The highest BCUT2D eigenvalue weighted by molar-refractivity contribution is 7.92. The van der Waals surface area contributed by atoms with Gasteiger partial charge in [0.25, 0.3) is 0 Å². The minimum Gasteiger partial charge on any atom is -0.487 e. The standard InChI is InChI=1S/C28H28Cl2F3N7O4S/c1-15(2)45(42,43)24-8-16(4-5-22(24)38-25-20(29)12-36-27(30)39-25)14-44-23-10-19(18-11-37-40(3)13-18)17(9-21(23)34)6-7-35-26(41)28(31,32)33/h4-5,8-13,15H,6-7,14,34H2,1-3H3,(H,35,41)(H,36,38,39). The SMILES string of the molecule is CC(C)S(=O)(=O)c1cc(COc2cc(-c3cnn(C)c3)c(CCNC(=O)C(F)(F)F)cc2N)ccc1Nc1nc(Cl)ncc1Cl. The van der Waals surface area contributed by atoms with Crippen molar-refractivity contribution in [3.8, 4) is 16.9 Å². The molecule has 1 amide bonds. The molecule has 0 saturated carbocycles. The lowest BCUT2D eigenvalue weighted by Crippen LogP contribution is -2.37. The first kappa shape index (κ1) is 33.8. The number of halogens is 5. The third-order valence-corrected chi connectivity index (χ3v) is 9.17. The van der Waals surface area contributed by atoms with E-state index in [2.05, 4.69) is 20.4 Å². The summed E-state index contributed by atoms with van der Waals surface area (Å²) in [6.45, 7) is 2.73. The lowest BCUT2D eigenvalue weighted by atomic mass is 9.98. The van der Waals surface area contributed by atoms with Crippen LogP contribution in [0.3, 0.4) is 0 Å². The lowest BCUT2D eigenvalue weighted by molar-refractivity contribution is -0.173. The number of nitrogen functional groups attached to an aromatic ring is 1. The summed E-state index contributed by atoms with van der Waals surface area (Å²) >= 11 is 12.1. The highest BCUT2D eigenvalue weighted by Gasteiger charge is 2.38. The number of anilines is 3. The first-order valence-corrected chi connectivity index (χ1v) is 15.6. The molecular weight excluding hydrogens is 658 g/mol. The van der Waals surface area contributed by atoms with Gasteiger partial charge in [-0.25, -0.2) is 13.4 Å². The molecule has 4 aromatic rings. The molecule has 240 valence electrons. The minimum absolute atomic E-state index is 0.0234. The van der Waals surface area contributed by atoms with Crippen LogP contribution in [0.2, 0.25) is 10.3 Å². The predicted molar refractivity (Wildman–Crippen MR) is 164 cm³/mol. The number of ether oxygens (including phenoxy) is 1. The molecule has 17 heteroatoms. The maximum absolute atomic E-state index is 13.3. The van der Waals surface area contributed by atoms with Gasteiger partial charge in [0.1, 0.15) is 17.4 Å². The van der Waals surface area contributed by atoms with Crippen LogP contribution in [0.25, 0.3) is 11.1 Å². The number of sulfone groups is 1. The van der Waals surface area contributed by atoms with Crippen molar-refractivity contribution in [2.45, 2.75) is 43.2 Å². The summed E-state index contributed by atoms with van der Waals surface area (Å²) in [6, 6.07) is 7.83. The van der Waals surface area contributed by atoms with Gasteiger partial charge in [-0.3, -0.25) is 9.48 Å². The highest BCUT2D eigenvalue weighted by atomic mass is 35.5. The van der Waals surface area contributed by atoms with Crippen molar-refractivity contribution in [2.75, 3.05) is 17.6 Å². The molecule has 0 atom stereocenters. The molecule has 0 unspecified atom stereocenters. The second-order valence-electron chi connectivity index (χ2n) is 10.1. The van der Waals surface area contributed by atoms with E-state index >= 15 is 0 Å². The Labute approximate surface area is 266 Å². The maximum Gasteiger partial charge on any atom is 0.471 e. The zero-order chi connectivity index (χ0) is 33.1. The molecule has 0 aliphatic rings. The average Bonchev–Trinajstić information content (AvgIpc) is 3.40. The molecule has 11 nitrogen and oxygen atoms in total. The topological polar surface area (TPSA) is 154 Å². The van der Waals surface area contributed by atoms with Gasteiger partial charge in [0.2, 0.25) is 5.28 Å². The van der Waals surface area contributed by atoms with Gasteiger partial charge in [-0.1, -0.05) is 17.7 Å². The van der Waals surface area contributed by atoms with Gasteiger partial charge in [-0.2, -0.15) is 23.3 Å². The summed E-state index contributed by atoms with van der Waals surface area (Å²) in [5.74, 6) is -1.67. The van der Waals surface area contributed by atoms with Crippen LogP contribution in [0.5, 0.6) is 5.75 Å². The van der Waals surface area contributed by atoms with Crippen LogP contribution in [0.15, 0.2) is 53.8 Å². The number of aryl methyl sites for hydroxylation is 1. The van der Waals surface area contributed by atoms with E-state index in [1.54, 1.807) is 62.2 Å². The van der Waals surface area contributed by atoms with Crippen LogP contribution in [-0.4, -0.2) is 52.0 Å². The molecule has 2 heterocycles. The van der Waals surface area contributed by atoms with Gasteiger partial charge in [0, 0.05) is 25.4 Å². The number of carbonyl (C=O) groups is 1. The Morgan fingerprint density at radius 3 is 2.53 bits per heavy atom. The fourth-order valence-corrected chi connectivity index (χ4v) is 5.71. The van der Waals surface area contributed by atoms with E-state index in [1.165, 1.54) is 12.3 Å². The van der Waals surface area contributed by atoms with E-state index in [0.717, 1.165) is 0 Å². The molecule has 0 saturated heterocycles. The molecule has 0 radical (unpaired) electrons. The number of rotatable bonds is 11. The molecule has 0 spiro atoms. The molecule has 0 bridgehead atoms. The zero-order valence-corrected chi connectivity index (χ0v) is 26.4. The Hall–Kier alpha value is -4.08. The first-order valence-electron chi connectivity index (χ1n) is 13.3. The summed E-state index contributed by atoms with van der Waals surface area (Å²) in [6.07, 6.45) is -0.394. The van der Waals surface area contributed by atoms with E-state index in [9.17, 15) is 26.4 Å². The summed E-state index contributed by atoms with van der Waals surface area (Å²) in [5, 5.41) is 8.21. The normalized spacial score (nSPS) is 11.9. The zero-order valence-electron chi connectivity index (χ0n) is 24.1. The number of carbonyl (C=O) groups excluding carboxylic acids is 1. The van der Waals surface area contributed by atoms with Gasteiger partial charge >= 0.3 is 12.1 Å². The second-order valence-corrected chi connectivity index (χ2v) is 13.3. The number of benzene rings is 2. The highest BCUT2D eigenvalue weighted by Crippen LogP contribution is 2.35. The van der Waals surface area contributed by atoms with E-state index in [1.807, 2.05) is 5.32 Å². The van der Waals surface area contributed by atoms with Crippen LogP contribution in [0, 0.1) is 0 Å². The molecule has 2 aromatic carbocycles. The van der Waals surface area contributed by atoms with Crippen molar-refractivity contribution in [1.29, 1.82) is 0 Å². The quantitative estimate of drug-likeness (QED) is 0.137. The number of aromatic nitrogens is 4. The van der Waals surface area contributed by atoms with E-state index in [0.29, 0.717) is 22.3 Å². The van der Waals surface area contributed by atoms with Gasteiger partial charge in [0.05, 0.1) is 33.9 Å². The van der Waals surface area contributed by atoms with Crippen LogP contribution in [0.1, 0.15) is 25.0 Å². The number of alkyl halides is 3. The second kappa shape index (κ2) is 13.5. The largest absolute Gasteiger partial charge is 0.487 e. The maximum atomic E-state index is 13.3. The number of nitrogens with zero attached hydrogens (tertiary/aromatic N) is 4. The Balaban J connectivity index is 1.63. The molecule has 2 aromatic heterocycles. The number of hydrogen-bond donors (Lipinski definition) is 3. The van der Waals surface area contributed by atoms with Crippen molar-refractivity contribution in [3.05, 3.63) is 70.4 Å². The van der Waals surface area contributed by atoms with Gasteiger partial charge in [0.15, 0.2) is 15.7 Å². The van der Waals surface area contributed by atoms with Crippen molar-refractivity contribution in [3.63, 3.8) is 0 Å². The molecule has 4 N–H and O–H groups in total. The average molecular weight is 687 g/mol. The van der Waals surface area contributed by atoms with Crippen LogP contribution >= 0.6 is 23.2 Å². The molecule has 0 aliphatic heterocycles. The summed E-state index contributed by atoms with van der Waals surface area (Å²) < 4.78 is 72.1. The molecule has 4 rings (SSSR count). The minimum atomic E-state index is -5.00. The van der Waals surface area contributed by atoms with Crippen LogP contribution < -0.4 is 21.1 Å².